The standard InChI is InChI=1S/C17H19ClN4O6S/c1-7(23)5-28-11-6-29-16-12(15(25)22(16)13(11)17(26)27)19-14(24)9(3)21-4-10(18)8(2)20-21/h4,9,12,16H,5-6H2,1-3H3,(H,19,24)(H,26,27). The van der Waals surface area contributed by atoms with Crippen LogP contribution in [-0.2, 0) is 23.9 Å². The van der Waals surface area contributed by atoms with Crippen LogP contribution >= 0.6 is 23.4 Å². The number of carbonyl (C=O) groups is 4. The number of β-lactam (4-membered cyclic amide) rings is 1. The van der Waals surface area contributed by atoms with E-state index in [0.29, 0.717) is 10.7 Å². The minimum absolute atomic E-state index is 0.0575. The predicted octanol–water partition coefficient (Wildman–Crippen LogP) is 0.708. The Bertz CT molecular complexity index is 910. The van der Waals surface area contributed by atoms with Crippen LogP contribution in [0.5, 0.6) is 0 Å². The van der Waals surface area contributed by atoms with Crippen LogP contribution in [0.15, 0.2) is 17.7 Å². The molecule has 2 aliphatic rings. The summed E-state index contributed by atoms with van der Waals surface area (Å²) in [6.07, 6.45) is 1.52. The van der Waals surface area contributed by atoms with Crippen LogP contribution in [0.2, 0.25) is 5.02 Å². The highest BCUT2D eigenvalue weighted by molar-refractivity contribution is 8.00. The lowest BCUT2D eigenvalue weighted by molar-refractivity contribution is -0.151. The molecule has 10 nitrogen and oxygen atoms in total. The summed E-state index contributed by atoms with van der Waals surface area (Å²) in [6.45, 7) is 4.36. The first-order chi connectivity index (χ1) is 13.6. The smallest absolute Gasteiger partial charge is 0.356 e. The number of carbonyl (C=O) groups excluding carboxylic acids is 3. The molecule has 1 fully saturated rings. The maximum absolute atomic E-state index is 12.6. The summed E-state index contributed by atoms with van der Waals surface area (Å²) in [5.74, 6) is -2.37. The number of hydrogen-bond acceptors (Lipinski definition) is 7. The molecule has 2 N–H and O–H groups in total. The second-order valence-corrected chi connectivity index (χ2v) is 8.19. The van der Waals surface area contributed by atoms with Crippen molar-refractivity contribution >= 4 is 46.9 Å². The van der Waals surface area contributed by atoms with Crippen LogP contribution in [0, 0.1) is 6.92 Å². The number of nitrogens with one attached hydrogen (secondary N) is 1. The van der Waals surface area contributed by atoms with Crippen molar-refractivity contribution < 1.29 is 29.0 Å². The number of fused-ring (bicyclic) bond motifs is 1. The van der Waals surface area contributed by atoms with Crippen LogP contribution in [0.1, 0.15) is 25.6 Å². The zero-order valence-corrected chi connectivity index (χ0v) is 17.4. The van der Waals surface area contributed by atoms with Gasteiger partial charge in [0.1, 0.15) is 29.8 Å². The molecule has 2 aliphatic heterocycles. The van der Waals surface area contributed by atoms with E-state index in [0.717, 1.165) is 4.90 Å². The zero-order valence-electron chi connectivity index (χ0n) is 15.8. The van der Waals surface area contributed by atoms with Crippen LogP contribution in [-0.4, -0.2) is 67.1 Å². The molecule has 1 saturated heterocycles. The van der Waals surface area contributed by atoms with Gasteiger partial charge in [0.15, 0.2) is 11.5 Å². The Labute approximate surface area is 175 Å². The maximum atomic E-state index is 12.6. The number of carboxylic acids is 1. The van der Waals surface area contributed by atoms with E-state index in [-0.39, 0.29) is 29.6 Å². The first-order valence-electron chi connectivity index (χ1n) is 8.66. The van der Waals surface area contributed by atoms with Crippen molar-refractivity contribution in [2.45, 2.75) is 38.2 Å². The number of Topliss-reactive ketones (excluding diaryl/α,β-unsaturated/α-hetero) is 1. The van der Waals surface area contributed by atoms with E-state index in [4.69, 9.17) is 16.3 Å². The van der Waals surface area contributed by atoms with Crippen molar-refractivity contribution in [2.24, 2.45) is 0 Å². The highest BCUT2D eigenvalue weighted by Gasteiger charge is 2.55. The molecular formula is C17H19ClN4O6S. The third-order valence-electron chi connectivity index (χ3n) is 4.52. The summed E-state index contributed by atoms with van der Waals surface area (Å²) >= 11 is 7.22. The largest absolute Gasteiger partial charge is 0.487 e. The number of halogens is 1. The van der Waals surface area contributed by atoms with Gasteiger partial charge in [-0.25, -0.2) is 4.79 Å². The lowest BCUT2D eigenvalue weighted by atomic mass is 10.0. The Morgan fingerprint density at radius 1 is 1.48 bits per heavy atom. The van der Waals surface area contributed by atoms with Gasteiger partial charge in [0.2, 0.25) is 5.91 Å². The van der Waals surface area contributed by atoms with Crippen molar-refractivity contribution in [2.75, 3.05) is 12.4 Å². The van der Waals surface area contributed by atoms with Crippen LogP contribution < -0.4 is 5.32 Å². The third-order valence-corrected chi connectivity index (χ3v) is 6.14. The number of nitrogens with zero attached hydrogens (tertiary/aromatic N) is 3. The molecule has 0 aromatic carbocycles. The van der Waals surface area contributed by atoms with Gasteiger partial charge in [0, 0.05) is 6.20 Å². The summed E-state index contributed by atoms with van der Waals surface area (Å²) in [6, 6.07) is -1.58. The molecule has 0 aliphatic carbocycles. The highest BCUT2D eigenvalue weighted by Crippen LogP contribution is 2.40. The summed E-state index contributed by atoms with van der Waals surface area (Å²) in [4.78, 5) is 49.0. The van der Waals surface area contributed by atoms with Gasteiger partial charge in [-0.1, -0.05) is 11.6 Å². The molecule has 0 saturated carbocycles. The second kappa shape index (κ2) is 8.07. The summed E-state index contributed by atoms with van der Waals surface area (Å²) in [5.41, 5.74) is 0.280. The Morgan fingerprint density at radius 3 is 2.72 bits per heavy atom. The number of thioether (sulfide) groups is 1. The summed E-state index contributed by atoms with van der Waals surface area (Å²) in [7, 11) is 0. The lowest BCUT2D eigenvalue weighted by Gasteiger charge is -2.49. The molecule has 0 spiro atoms. The number of carboxylic acid groups (broad SMARTS) is 1. The van der Waals surface area contributed by atoms with Gasteiger partial charge < -0.3 is 15.2 Å². The van der Waals surface area contributed by atoms with Gasteiger partial charge in [0.05, 0.1) is 16.5 Å². The fourth-order valence-electron chi connectivity index (χ4n) is 2.94. The monoisotopic (exact) mass is 442 g/mol. The van der Waals surface area contributed by atoms with Crippen LogP contribution in [0.25, 0.3) is 0 Å². The Balaban J connectivity index is 1.72. The van der Waals surface area contributed by atoms with Gasteiger partial charge >= 0.3 is 5.97 Å². The molecule has 3 heterocycles. The summed E-state index contributed by atoms with van der Waals surface area (Å²) < 4.78 is 6.67. The Morgan fingerprint density at radius 2 is 2.17 bits per heavy atom. The number of aromatic nitrogens is 2. The second-order valence-electron chi connectivity index (χ2n) is 6.68. The number of aryl methyl sites for hydroxylation is 1. The van der Waals surface area contributed by atoms with E-state index in [1.165, 1.54) is 29.6 Å². The maximum Gasteiger partial charge on any atom is 0.356 e. The molecule has 12 heteroatoms. The first kappa shape index (κ1) is 21.2. The quantitative estimate of drug-likeness (QED) is 0.590. The fraction of sp³-hybridized carbons (Fsp3) is 0.471. The number of ketones is 1. The average molecular weight is 443 g/mol. The van der Waals surface area contributed by atoms with E-state index < -0.39 is 35.2 Å². The normalized spacial score (nSPS) is 21.9. The van der Waals surface area contributed by atoms with Crippen molar-refractivity contribution in [3.8, 4) is 0 Å². The Kier molecular flexibility index (Phi) is 5.90. The van der Waals surface area contributed by atoms with Gasteiger partial charge in [0.25, 0.3) is 5.91 Å². The third kappa shape index (κ3) is 3.97. The van der Waals surface area contributed by atoms with Gasteiger partial charge in [-0.3, -0.25) is 24.0 Å². The molecule has 3 rings (SSSR count). The molecule has 29 heavy (non-hydrogen) atoms. The van der Waals surface area contributed by atoms with Crippen molar-refractivity contribution in [1.29, 1.82) is 0 Å². The highest BCUT2D eigenvalue weighted by atomic mass is 35.5. The van der Waals surface area contributed by atoms with Crippen LogP contribution in [0.3, 0.4) is 0 Å². The van der Waals surface area contributed by atoms with E-state index in [2.05, 4.69) is 10.4 Å². The lowest BCUT2D eigenvalue weighted by Crippen LogP contribution is -2.71. The number of hydrogen-bond donors (Lipinski definition) is 2. The molecule has 1 aromatic rings. The molecule has 0 radical (unpaired) electrons. The van der Waals surface area contributed by atoms with Gasteiger partial charge in [-0.05, 0) is 20.8 Å². The molecule has 3 atom stereocenters. The topological polar surface area (TPSA) is 131 Å². The van der Waals surface area contributed by atoms with E-state index in [1.807, 2.05) is 0 Å². The van der Waals surface area contributed by atoms with Crippen molar-refractivity contribution in [3.63, 3.8) is 0 Å². The molecule has 2 amide bonds. The average Bonchev–Trinajstić information content (AvgIpc) is 3.00. The number of ether oxygens (including phenoxy) is 1. The predicted molar refractivity (Wildman–Crippen MR) is 103 cm³/mol. The fourth-order valence-corrected chi connectivity index (χ4v) is 4.36. The molecule has 1 aromatic heterocycles. The SMILES string of the molecule is CC(=O)COC1=C(C(=O)O)N2C(=O)C(NC(=O)C(C)n3cc(Cl)c(C)n3)C2SC1. The zero-order chi connectivity index (χ0) is 21.5. The van der Waals surface area contributed by atoms with Crippen molar-refractivity contribution in [3.05, 3.63) is 28.4 Å². The molecule has 156 valence electrons. The van der Waals surface area contributed by atoms with E-state index in [9.17, 15) is 24.3 Å². The van der Waals surface area contributed by atoms with E-state index in [1.54, 1.807) is 13.8 Å². The number of aliphatic carboxylic acids is 1. The summed E-state index contributed by atoms with van der Waals surface area (Å²) in [5, 5.41) is 16.2. The van der Waals surface area contributed by atoms with Gasteiger partial charge in [-0.15, -0.1) is 11.8 Å². The molecule has 3 unspecified atom stereocenters. The Hall–Kier alpha value is -2.53. The number of amides is 2. The number of rotatable bonds is 7. The minimum Gasteiger partial charge on any atom is -0.487 e. The van der Waals surface area contributed by atoms with Crippen LogP contribution in [0.4, 0.5) is 0 Å². The minimum atomic E-state index is -1.33. The first-order valence-corrected chi connectivity index (χ1v) is 10.1. The van der Waals surface area contributed by atoms with Crippen molar-refractivity contribution in [1.82, 2.24) is 20.0 Å². The molecular weight excluding hydrogens is 424 g/mol. The van der Waals surface area contributed by atoms with E-state index >= 15 is 0 Å². The molecule has 0 bridgehead atoms. The van der Waals surface area contributed by atoms with Gasteiger partial charge in [-0.2, -0.15) is 5.10 Å².